The van der Waals surface area contributed by atoms with Crippen molar-refractivity contribution in [2.24, 2.45) is 0 Å². The molecule has 1 aliphatic heterocycles. The summed E-state index contributed by atoms with van der Waals surface area (Å²) in [6, 6.07) is 5.35. The Morgan fingerprint density at radius 2 is 1.63 bits per heavy atom. The van der Waals surface area contributed by atoms with Gasteiger partial charge in [-0.15, -0.1) is 13.2 Å². The molecule has 0 spiro atoms. The van der Waals surface area contributed by atoms with E-state index >= 15 is 0 Å². The number of anilines is 1. The number of aromatic nitrogens is 2. The van der Waals surface area contributed by atoms with Gasteiger partial charge in [-0.3, -0.25) is 4.79 Å². The molecule has 3 rings (SSSR count). The summed E-state index contributed by atoms with van der Waals surface area (Å²) >= 11 is 0. The average Bonchev–Trinajstić information content (AvgIpc) is 2.59. The number of benzene rings is 1. The lowest BCUT2D eigenvalue weighted by Crippen LogP contribution is -2.44. The molecular formula is C17H17F7N4O2. The number of aliphatic hydroxyl groups is 1. The molecule has 0 radical (unpaired) electrons. The third-order valence-corrected chi connectivity index (χ3v) is 3.52. The maximum absolute atomic E-state index is 14.4. The van der Waals surface area contributed by atoms with Gasteiger partial charge in [-0.1, -0.05) is 0 Å². The molecule has 0 atom stereocenters. The van der Waals surface area contributed by atoms with Crippen molar-refractivity contribution in [2.45, 2.75) is 12.8 Å². The van der Waals surface area contributed by atoms with E-state index < -0.39 is 24.9 Å². The van der Waals surface area contributed by atoms with Crippen LogP contribution in [-0.2, 0) is 4.79 Å². The number of alkyl halides is 5. The van der Waals surface area contributed by atoms with Crippen LogP contribution >= 0.6 is 0 Å². The van der Waals surface area contributed by atoms with Crippen molar-refractivity contribution in [1.82, 2.24) is 14.9 Å². The average molecular weight is 442 g/mol. The van der Waals surface area contributed by atoms with E-state index in [-0.39, 0.29) is 24.0 Å². The zero-order valence-electron chi connectivity index (χ0n) is 15.3. The van der Waals surface area contributed by atoms with Crippen LogP contribution in [0, 0.1) is 11.6 Å². The lowest BCUT2D eigenvalue weighted by molar-refractivity contribution is -0.295. The molecule has 1 amide bonds. The van der Waals surface area contributed by atoms with Crippen LogP contribution in [0.3, 0.4) is 0 Å². The Labute approximate surface area is 166 Å². The number of nitrogens with zero attached hydrogens (tertiary/aromatic N) is 3. The Morgan fingerprint density at radius 3 is 2.10 bits per heavy atom. The number of hydrogen-bond donors (Lipinski definition) is 2. The summed E-state index contributed by atoms with van der Waals surface area (Å²) in [6.07, 6.45) is -2.79. The monoisotopic (exact) mass is 442 g/mol. The normalized spacial score (nSPS) is 12.6. The first kappa shape index (κ1) is 25.1. The molecule has 0 aliphatic carbocycles. The second-order valence-electron chi connectivity index (χ2n) is 5.55. The van der Waals surface area contributed by atoms with Gasteiger partial charge in [-0.25, -0.2) is 27.5 Å². The zero-order valence-corrected chi connectivity index (χ0v) is 15.3. The fourth-order valence-corrected chi connectivity index (χ4v) is 2.14. The van der Waals surface area contributed by atoms with Crippen LogP contribution < -0.4 is 5.32 Å². The van der Waals surface area contributed by atoms with Gasteiger partial charge in [0.25, 0.3) is 0 Å². The summed E-state index contributed by atoms with van der Waals surface area (Å²) < 4.78 is 76.3. The van der Waals surface area contributed by atoms with Gasteiger partial charge in [0.1, 0.15) is 17.8 Å². The molecule has 166 valence electrons. The lowest BCUT2D eigenvalue weighted by atomic mass is 10.1. The van der Waals surface area contributed by atoms with Gasteiger partial charge in [-0.05, 0) is 30.7 Å². The summed E-state index contributed by atoms with van der Waals surface area (Å²) in [5.41, 5.74) is 0.507. The first-order chi connectivity index (χ1) is 14.1. The minimum Gasteiger partial charge on any atom is -0.358 e. The van der Waals surface area contributed by atoms with Crippen molar-refractivity contribution in [3.63, 3.8) is 0 Å². The highest BCUT2D eigenvalue weighted by Gasteiger charge is 2.21. The van der Waals surface area contributed by atoms with Crippen LogP contribution in [0.15, 0.2) is 30.6 Å². The minimum absolute atomic E-state index is 0.0171. The molecule has 1 aromatic heterocycles. The van der Waals surface area contributed by atoms with E-state index in [9.17, 15) is 35.5 Å². The summed E-state index contributed by atoms with van der Waals surface area (Å²) in [4.78, 5) is 21.1. The molecule has 2 aromatic rings. The van der Waals surface area contributed by atoms with E-state index in [0.717, 1.165) is 19.5 Å². The van der Waals surface area contributed by atoms with Crippen LogP contribution in [-0.4, -0.2) is 58.8 Å². The van der Waals surface area contributed by atoms with Gasteiger partial charge in [-0.2, -0.15) is 0 Å². The van der Waals surface area contributed by atoms with Crippen LogP contribution in [0.1, 0.15) is 6.42 Å². The molecule has 2 N–H and O–H groups in total. The lowest BCUT2D eigenvalue weighted by Gasteiger charge is -2.30. The molecule has 0 saturated carbocycles. The van der Waals surface area contributed by atoms with Crippen molar-refractivity contribution in [3.8, 4) is 11.3 Å². The molecule has 1 aromatic carbocycles. The number of nitrogens with one attached hydrogen (secondary N) is 1. The smallest absolute Gasteiger partial charge is 0.358 e. The summed E-state index contributed by atoms with van der Waals surface area (Å²) in [5.74, 6) is -1.20. The standard InChI is InChI=1S/C15H14F2N4O.CHF3O.CH2F2/c16-11-4-2-10(3-5-11)14-13(17)15(20-9-19-14)18-8-12(22)21-6-1-7-21;2-1(3,4)5;2-1-3/h2-5,9H,1,6-8H2,(H,18,19,20);5H;1H2. The Hall–Kier alpha value is -2.96. The topological polar surface area (TPSA) is 78.4 Å². The number of rotatable bonds is 4. The molecule has 2 heterocycles. The predicted octanol–water partition coefficient (Wildman–Crippen LogP) is 3.45. The molecule has 30 heavy (non-hydrogen) atoms. The Kier molecular flexibility index (Phi) is 9.95. The van der Waals surface area contributed by atoms with Gasteiger partial charge in [0, 0.05) is 18.7 Å². The van der Waals surface area contributed by atoms with E-state index in [2.05, 4.69) is 15.3 Å². The van der Waals surface area contributed by atoms with Gasteiger partial charge < -0.3 is 15.3 Å². The maximum atomic E-state index is 14.4. The molecule has 1 aliphatic rings. The first-order valence-corrected chi connectivity index (χ1v) is 8.26. The van der Waals surface area contributed by atoms with Crippen LogP contribution in [0.2, 0.25) is 0 Å². The number of hydrogen-bond acceptors (Lipinski definition) is 5. The number of carbonyl (C=O) groups excluding carboxylic acids is 1. The molecule has 6 nitrogen and oxygen atoms in total. The van der Waals surface area contributed by atoms with Crippen molar-refractivity contribution >= 4 is 11.7 Å². The van der Waals surface area contributed by atoms with Crippen LogP contribution in [0.5, 0.6) is 0 Å². The van der Waals surface area contributed by atoms with Gasteiger partial charge in [0.15, 0.2) is 11.6 Å². The number of carbonyl (C=O) groups is 1. The summed E-state index contributed by atoms with van der Waals surface area (Å²) in [6.45, 7) is -0.280. The Morgan fingerprint density at radius 1 is 1.10 bits per heavy atom. The third-order valence-electron chi connectivity index (χ3n) is 3.52. The van der Waals surface area contributed by atoms with E-state index in [1.54, 1.807) is 4.90 Å². The highest BCUT2D eigenvalue weighted by atomic mass is 19.4. The van der Waals surface area contributed by atoms with E-state index in [4.69, 9.17) is 5.11 Å². The van der Waals surface area contributed by atoms with Crippen molar-refractivity contribution in [3.05, 3.63) is 42.2 Å². The van der Waals surface area contributed by atoms with Crippen LogP contribution in [0.25, 0.3) is 11.3 Å². The first-order valence-electron chi connectivity index (χ1n) is 8.26. The van der Waals surface area contributed by atoms with E-state index in [0.29, 0.717) is 5.56 Å². The largest absolute Gasteiger partial charge is 0.519 e. The van der Waals surface area contributed by atoms with Gasteiger partial charge in [0.2, 0.25) is 12.8 Å². The predicted molar refractivity (Wildman–Crippen MR) is 92.4 cm³/mol. The molecule has 0 bridgehead atoms. The van der Waals surface area contributed by atoms with Gasteiger partial charge >= 0.3 is 6.36 Å². The quantitative estimate of drug-likeness (QED) is 0.710. The molecule has 1 saturated heterocycles. The number of amides is 1. The molecule has 0 unspecified atom stereocenters. The summed E-state index contributed by atoms with van der Waals surface area (Å²) in [7, 11) is 0. The van der Waals surface area contributed by atoms with Crippen molar-refractivity contribution in [1.29, 1.82) is 0 Å². The maximum Gasteiger partial charge on any atom is 0.519 e. The number of likely N-dealkylation sites (tertiary alicyclic amines) is 1. The molecule has 13 heteroatoms. The van der Waals surface area contributed by atoms with Gasteiger partial charge in [0.05, 0.1) is 6.54 Å². The van der Waals surface area contributed by atoms with Crippen molar-refractivity contribution < 1.29 is 40.6 Å². The molecular weight excluding hydrogens is 425 g/mol. The highest BCUT2D eigenvalue weighted by Crippen LogP contribution is 2.24. The highest BCUT2D eigenvalue weighted by molar-refractivity contribution is 5.81. The van der Waals surface area contributed by atoms with E-state index in [1.165, 1.54) is 30.6 Å². The zero-order chi connectivity index (χ0) is 22.7. The number of halogens is 7. The third kappa shape index (κ3) is 9.03. The fourth-order valence-electron chi connectivity index (χ4n) is 2.14. The van der Waals surface area contributed by atoms with Crippen LogP contribution in [0.4, 0.5) is 36.6 Å². The SMILES string of the molecule is FCF.O=C(CNc1ncnc(-c2ccc(F)cc2)c1F)N1CCC1.OC(F)(F)F. The summed E-state index contributed by atoms with van der Waals surface area (Å²) in [5, 5.41) is 9.21. The van der Waals surface area contributed by atoms with Crippen molar-refractivity contribution in [2.75, 3.05) is 31.9 Å². The second kappa shape index (κ2) is 11.9. The second-order valence-corrected chi connectivity index (χ2v) is 5.55. The van der Waals surface area contributed by atoms with E-state index in [1.807, 2.05) is 0 Å². The molecule has 1 fully saturated rings. The Bertz CT molecular complexity index is 794. The minimum atomic E-state index is -5.00. The Balaban J connectivity index is 0.000000485. The fraction of sp³-hybridized carbons (Fsp3) is 0.353.